The molecule has 0 bridgehead atoms. The van der Waals surface area contributed by atoms with E-state index in [1.54, 1.807) is 7.11 Å². The highest BCUT2D eigenvalue weighted by Crippen LogP contribution is 2.24. The van der Waals surface area contributed by atoms with E-state index in [0.29, 0.717) is 12.5 Å². The Labute approximate surface area is 180 Å². The molecule has 2 rings (SSSR count). The molecule has 0 aromatic heterocycles. The molecule has 1 fully saturated rings. The summed E-state index contributed by atoms with van der Waals surface area (Å²) in [6.45, 7) is 9.77. The van der Waals surface area contributed by atoms with Crippen LogP contribution in [0.15, 0.2) is 29.3 Å². The molecule has 152 valence electrons. The van der Waals surface area contributed by atoms with Gasteiger partial charge in [0.2, 0.25) is 5.91 Å². The molecule has 1 saturated heterocycles. The molecule has 6 nitrogen and oxygen atoms in total. The van der Waals surface area contributed by atoms with Crippen molar-refractivity contribution in [3.05, 3.63) is 29.8 Å². The van der Waals surface area contributed by atoms with Crippen molar-refractivity contribution in [2.45, 2.75) is 39.0 Å². The van der Waals surface area contributed by atoms with Crippen molar-refractivity contribution < 1.29 is 9.53 Å². The lowest BCUT2D eigenvalue weighted by atomic mass is 9.84. The largest absolute Gasteiger partial charge is 0.497 e. The number of aliphatic imine (C=N–C) groups is 1. The Hall–Kier alpha value is -1.51. The zero-order valence-corrected chi connectivity index (χ0v) is 19.2. The summed E-state index contributed by atoms with van der Waals surface area (Å²) in [6, 6.07) is 8.12. The molecular formula is C20H33IN4O2. The number of hydrogen-bond donors (Lipinski definition) is 2. The molecule has 2 N–H and O–H groups in total. The van der Waals surface area contributed by atoms with E-state index in [-0.39, 0.29) is 41.8 Å². The summed E-state index contributed by atoms with van der Waals surface area (Å²) in [5, 5.41) is 6.59. The number of halogens is 1. The van der Waals surface area contributed by atoms with Gasteiger partial charge in [0.15, 0.2) is 5.96 Å². The number of amides is 1. The number of hydrogen-bond acceptors (Lipinski definition) is 3. The zero-order valence-electron chi connectivity index (χ0n) is 16.9. The second-order valence-electron chi connectivity index (χ2n) is 7.25. The Bertz CT molecular complexity index is 611. The Morgan fingerprint density at radius 1 is 1.19 bits per heavy atom. The zero-order chi connectivity index (χ0) is 19.0. The van der Waals surface area contributed by atoms with Gasteiger partial charge in [-0.05, 0) is 37.5 Å². The molecule has 1 aromatic carbocycles. The summed E-state index contributed by atoms with van der Waals surface area (Å²) >= 11 is 0. The van der Waals surface area contributed by atoms with Gasteiger partial charge in [0.05, 0.1) is 7.11 Å². The number of likely N-dealkylation sites (tertiary alicyclic amines) is 1. The smallest absolute Gasteiger partial charge is 0.244 e. The fourth-order valence-electron chi connectivity index (χ4n) is 3.00. The van der Waals surface area contributed by atoms with Gasteiger partial charge >= 0.3 is 0 Å². The van der Waals surface area contributed by atoms with Crippen LogP contribution in [0.25, 0.3) is 0 Å². The van der Waals surface area contributed by atoms with Crippen molar-refractivity contribution in [1.29, 1.82) is 0 Å². The summed E-state index contributed by atoms with van der Waals surface area (Å²) in [4.78, 5) is 18.6. The molecular weight excluding hydrogens is 455 g/mol. The van der Waals surface area contributed by atoms with E-state index >= 15 is 0 Å². The van der Waals surface area contributed by atoms with Crippen LogP contribution in [0, 0.1) is 0 Å². The van der Waals surface area contributed by atoms with E-state index in [1.165, 1.54) is 5.56 Å². The van der Waals surface area contributed by atoms with Crippen molar-refractivity contribution in [2.24, 2.45) is 4.99 Å². The molecule has 0 saturated carbocycles. The molecule has 0 atom stereocenters. The van der Waals surface area contributed by atoms with E-state index in [9.17, 15) is 4.79 Å². The van der Waals surface area contributed by atoms with Crippen LogP contribution < -0.4 is 15.4 Å². The first-order chi connectivity index (χ1) is 12.5. The lowest BCUT2D eigenvalue weighted by Crippen LogP contribution is -2.44. The van der Waals surface area contributed by atoms with E-state index < -0.39 is 0 Å². The number of methoxy groups -OCH3 is 1. The second-order valence-corrected chi connectivity index (χ2v) is 7.25. The fraction of sp³-hybridized carbons (Fsp3) is 0.600. The molecule has 1 heterocycles. The predicted octanol–water partition coefficient (Wildman–Crippen LogP) is 2.77. The summed E-state index contributed by atoms with van der Waals surface area (Å²) in [6.07, 6.45) is 2.20. The number of rotatable bonds is 7. The van der Waals surface area contributed by atoms with Gasteiger partial charge in [0.1, 0.15) is 12.3 Å². The van der Waals surface area contributed by atoms with Gasteiger partial charge in [-0.25, -0.2) is 4.99 Å². The number of benzene rings is 1. The van der Waals surface area contributed by atoms with E-state index in [0.717, 1.165) is 38.2 Å². The second kappa shape index (κ2) is 11.4. The Morgan fingerprint density at radius 3 is 2.37 bits per heavy atom. The lowest BCUT2D eigenvalue weighted by Gasteiger charge is -2.27. The molecule has 0 aliphatic carbocycles. The predicted molar refractivity (Wildman–Crippen MR) is 121 cm³/mol. The van der Waals surface area contributed by atoms with Crippen LogP contribution >= 0.6 is 24.0 Å². The molecule has 1 aliphatic rings. The number of nitrogens with one attached hydrogen (secondary N) is 2. The van der Waals surface area contributed by atoms with Gasteiger partial charge in [-0.15, -0.1) is 24.0 Å². The van der Waals surface area contributed by atoms with E-state index in [2.05, 4.69) is 41.6 Å². The van der Waals surface area contributed by atoms with Crippen molar-refractivity contribution in [2.75, 3.05) is 39.8 Å². The first-order valence-corrected chi connectivity index (χ1v) is 9.41. The average molecular weight is 488 g/mol. The molecule has 0 unspecified atom stereocenters. The number of ether oxygens (including phenoxy) is 1. The third kappa shape index (κ3) is 7.20. The third-order valence-electron chi connectivity index (χ3n) is 4.74. The van der Waals surface area contributed by atoms with Crippen LogP contribution in [0.4, 0.5) is 0 Å². The highest BCUT2D eigenvalue weighted by molar-refractivity contribution is 14.0. The number of guanidine groups is 1. The maximum absolute atomic E-state index is 12.2. The minimum absolute atomic E-state index is 0. The normalized spacial score (nSPS) is 14.5. The van der Waals surface area contributed by atoms with Crippen molar-refractivity contribution in [3.8, 4) is 5.75 Å². The molecule has 0 spiro atoms. The molecule has 27 heavy (non-hydrogen) atoms. The lowest BCUT2D eigenvalue weighted by molar-refractivity contribution is -0.128. The minimum atomic E-state index is -0.0819. The van der Waals surface area contributed by atoms with Crippen LogP contribution in [-0.4, -0.2) is 56.6 Å². The molecule has 7 heteroatoms. The maximum Gasteiger partial charge on any atom is 0.244 e. The van der Waals surface area contributed by atoms with E-state index in [1.807, 2.05) is 24.0 Å². The maximum atomic E-state index is 12.2. The topological polar surface area (TPSA) is 66.0 Å². The highest BCUT2D eigenvalue weighted by atomic mass is 127. The van der Waals surface area contributed by atoms with Gasteiger partial charge < -0.3 is 20.3 Å². The van der Waals surface area contributed by atoms with Gasteiger partial charge in [0.25, 0.3) is 0 Å². The van der Waals surface area contributed by atoms with Gasteiger partial charge in [0, 0.05) is 31.6 Å². The quantitative estimate of drug-likeness (QED) is 0.352. The van der Waals surface area contributed by atoms with Crippen molar-refractivity contribution in [3.63, 3.8) is 0 Å². The number of carbonyl (C=O) groups excluding carboxylic acids is 1. The van der Waals surface area contributed by atoms with Crippen LogP contribution in [0.3, 0.4) is 0 Å². The van der Waals surface area contributed by atoms with Crippen LogP contribution in [0.1, 0.15) is 39.2 Å². The summed E-state index contributed by atoms with van der Waals surface area (Å²) in [7, 11) is 1.67. The summed E-state index contributed by atoms with van der Waals surface area (Å²) in [5.41, 5.74) is 1.14. The molecule has 1 aliphatic heterocycles. The Balaban J connectivity index is 0.00000364. The summed E-state index contributed by atoms with van der Waals surface area (Å²) in [5.74, 6) is 1.64. The van der Waals surface area contributed by atoms with Crippen molar-refractivity contribution >= 4 is 35.8 Å². The standard InChI is InChI=1S/C20H32N4O2.HI/c1-5-21-19(22-14-18(25)24-12-6-7-13-24)23-15-20(2,3)16-8-10-17(26-4)11-9-16;/h8-11H,5-7,12-15H2,1-4H3,(H2,21,22,23);1H. The minimum Gasteiger partial charge on any atom is -0.497 e. The van der Waals surface area contributed by atoms with Crippen LogP contribution in [0.5, 0.6) is 5.75 Å². The van der Waals surface area contributed by atoms with Gasteiger partial charge in [-0.1, -0.05) is 26.0 Å². The number of nitrogens with zero attached hydrogens (tertiary/aromatic N) is 2. The fourth-order valence-corrected chi connectivity index (χ4v) is 3.00. The van der Waals surface area contributed by atoms with E-state index in [4.69, 9.17) is 4.74 Å². The summed E-state index contributed by atoms with van der Waals surface area (Å²) < 4.78 is 5.23. The average Bonchev–Trinajstić information content (AvgIpc) is 3.18. The third-order valence-corrected chi connectivity index (χ3v) is 4.74. The van der Waals surface area contributed by atoms with Crippen LogP contribution in [0.2, 0.25) is 0 Å². The Kier molecular flexibility index (Phi) is 9.90. The monoisotopic (exact) mass is 488 g/mol. The van der Waals surface area contributed by atoms with Gasteiger partial charge in [-0.2, -0.15) is 0 Å². The first-order valence-electron chi connectivity index (χ1n) is 9.41. The Morgan fingerprint density at radius 2 is 1.81 bits per heavy atom. The first kappa shape index (κ1) is 23.5. The van der Waals surface area contributed by atoms with Crippen LogP contribution in [-0.2, 0) is 10.2 Å². The molecule has 1 aromatic rings. The molecule has 1 amide bonds. The molecule has 0 radical (unpaired) electrons. The highest BCUT2D eigenvalue weighted by Gasteiger charge is 2.21. The SMILES string of the molecule is CCNC(=NCC(=O)N1CCCC1)NCC(C)(C)c1ccc(OC)cc1.I. The number of carbonyl (C=O) groups is 1. The van der Waals surface area contributed by atoms with Gasteiger partial charge in [-0.3, -0.25) is 4.79 Å². The van der Waals surface area contributed by atoms with Crippen molar-refractivity contribution in [1.82, 2.24) is 15.5 Å².